The van der Waals surface area contributed by atoms with E-state index in [0.29, 0.717) is 0 Å². The van der Waals surface area contributed by atoms with Gasteiger partial charge >= 0.3 is 6.09 Å². The average Bonchev–Trinajstić information content (AvgIpc) is 3.15. The summed E-state index contributed by atoms with van der Waals surface area (Å²) in [5.74, 6) is 0. The van der Waals surface area contributed by atoms with E-state index in [-0.39, 0.29) is 0 Å². The minimum absolute atomic E-state index is 0.472. The Kier molecular flexibility index (Phi) is 4.90. The fraction of sp³-hybridized carbons (Fsp3) is 0.208. The van der Waals surface area contributed by atoms with Crippen LogP contribution in [-0.4, -0.2) is 32.1 Å². The number of fused-ring (bicyclic) bond motifs is 1. The second kappa shape index (κ2) is 7.74. The van der Waals surface area contributed by atoms with Gasteiger partial charge in [-0.25, -0.2) is 14.3 Å². The summed E-state index contributed by atoms with van der Waals surface area (Å²) in [6.07, 6.45) is 3.70. The first kappa shape index (κ1) is 19.6. The molecule has 0 bridgehead atoms. The molecule has 0 atom stereocenters. The standard InChI is InChI=1S/C24H22N4O2S/c1-31-20-13-12-19-25-21(22(28(19)27-20)17-6-3-2-4-7-17)16-8-10-18(11-9-16)24(14-5-15-24)26-23(29)30/h2-4,6-13,26H,5,14-15H2,1H3,(H,29,30). The minimum atomic E-state index is -0.980. The summed E-state index contributed by atoms with van der Waals surface area (Å²) in [7, 11) is 0. The summed E-state index contributed by atoms with van der Waals surface area (Å²) in [6.45, 7) is 0. The maximum absolute atomic E-state index is 11.3. The van der Waals surface area contributed by atoms with Crippen LogP contribution in [0.1, 0.15) is 24.8 Å². The van der Waals surface area contributed by atoms with Crippen molar-refractivity contribution in [1.82, 2.24) is 19.9 Å². The van der Waals surface area contributed by atoms with Crippen LogP contribution in [0.25, 0.3) is 28.2 Å². The number of aromatic nitrogens is 3. The van der Waals surface area contributed by atoms with Crippen molar-refractivity contribution in [3.05, 3.63) is 72.3 Å². The van der Waals surface area contributed by atoms with Crippen LogP contribution >= 0.6 is 11.8 Å². The number of hydrogen-bond donors (Lipinski definition) is 2. The van der Waals surface area contributed by atoms with Gasteiger partial charge in [-0.2, -0.15) is 5.10 Å². The molecule has 5 rings (SSSR count). The van der Waals surface area contributed by atoms with Gasteiger partial charge < -0.3 is 10.4 Å². The molecule has 2 aromatic heterocycles. The van der Waals surface area contributed by atoms with Crippen molar-refractivity contribution in [2.75, 3.05) is 6.26 Å². The number of benzene rings is 2. The number of thioether (sulfide) groups is 1. The third-order valence-corrected chi connectivity index (χ3v) is 6.61. The second-order valence-electron chi connectivity index (χ2n) is 7.76. The molecule has 2 heterocycles. The Morgan fingerprint density at radius 2 is 1.77 bits per heavy atom. The monoisotopic (exact) mass is 430 g/mol. The lowest BCUT2D eigenvalue weighted by molar-refractivity contribution is 0.144. The highest BCUT2D eigenvalue weighted by Gasteiger charge is 2.40. The quantitative estimate of drug-likeness (QED) is 0.413. The van der Waals surface area contributed by atoms with E-state index in [9.17, 15) is 9.90 Å². The van der Waals surface area contributed by atoms with Gasteiger partial charge in [0.05, 0.1) is 11.2 Å². The van der Waals surface area contributed by atoms with Crippen molar-refractivity contribution in [3.63, 3.8) is 0 Å². The number of carbonyl (C=O) groups is 1. The van der Waals surface area contributed by atoms with Gasteiger partial charge in [-0.1, -0.05) is 54.6 Å². The first-order valence-corrected chi connectivity index (χ1v) is 11.4. The number of carboxylic acid groups (broad SMARTS) is 1. The van der Waals surface area contributed by atoms with Gasteiger partial charge in [-0.3, -0.25) is 0 Å². The Balaban J connectivity index is 1.62. The lowest BCUT2D eigenvalue weighted by atomic mass is 9.72. The van der Waals surface area contributed by atoms with Crippen LogP contribution < -0.4 is 5.32 Å². The van der Waals surface area contributed by atoms with Gasteiger partial charge in [0.15, 0.2) is 5.65 Å². The van der Waals surface area contributed by atoms with E-state index in [1.165, 1.54) is 0 Å². The molecule has 156 valence electrons. The van der Waals surface area contributed by atoms with Gasteiger partial charge in [0.2, 0.25) is 0 Å². The van der Waals surface area contributed by atoms with Gasteiger partial charge in [0.1, 0.15) is 10.7 Å². The van der Waals surface area contributed by atoms with Crippen LogP contribution in [0.5, 0.6) is 0 Å². The molecule has 1 amide bonds. The van der Waals surface area contributed by atoms with E-state index in [1.54, 1.807) is 11.8 Å². The Hall–Kier alpha value is -3.32. The Morgan fingerprint density at radius 3 is 2.39 bits per heavy atom. The Bertz CT molecular complexity index is 1250. The van der Waals surface area contributed by atoms with E-state index in [2.05, 4.69) is 17.4 Å². The second-order valence-corrected chi connectivity index (χ2v) is 8.59. The summed E-state index contributed by atoms with van der Waals surface area (Å²) in [6, 6.07) is 22.2. The van der Waals surface area contributed by atoms with E-state index < -0.39 is 11.6 Å². The van der Waals surface area contributed by atoms with Gasteiger partial charge in [-0.05, 0) is 43.2 Å². The van der Waals surface area contributed by atoms with E-state index in [1.807, 2.05) is 65.4 Å². The number of nitrogens with one attached hydrogen (secondary N) is 1. The fourth-order valence-corrected chi connectivity index (χ4v) is 4.62. The molecular formula is C24H22N4O2S. The van der Waals surface area contributed by atoms with Gasteiger partial charge in [0, 0.05) is 11.1 Å². The molecule has 0 unspecified atom stereocenters. The molecular weight excluding hydrogens is 408 g/mol. The summed E-state index contributed by atoms with van der Waals surface area (Å²) >= 11 is 1.60. The lowest BCUT2D eigenvalue weighted by Crippen LogP contribution is -2.50. The number of amides is 1. The molecule has 1 aliphatic rings. The fourth-order valence-electron chi connectivity index (χ4n) is 4.25. The molecule has 4 aromatic rings. The maximum atomic E-state index is 11.3. The van der Waals surface area contributed by atoms with Crippen LogP contribution in [0.2, 0.25) is 0 Å². The first-order valence-electron chi connectivity index (χ1n) is 10.2. The summed E-state index contributed by atoms with van der Waals surface area (Å²) in [5, 5.41) is 17.7. The largest absolute Gasteiger partial charge is 0.465 e. The highest BCUT2D eigenvalue weighted by atomic mass is 32.2. The zero-order valence-corrected chi connectivity index (χ0v) is 17.9. The van der Waals surface area contributed by atoms with Crippen LogP contribution in [0.4, 0.5) is 4.79 Å². The van der Waals surface area contributed by atoms with E-state index >= 15 is 0 Å². The maximum Gasteiger partial charge on any atom is 0.405 e. The highest BCUT2D eigenvalue weighted by molar-refractivity contribution is 7.98. The molecule has 0 aliphatic heterocycles. The van der Waals surface area contributed by atoms with E-state index in [0.717, 1.165) is 58.0 Å². The zero-order valence-electron chi connectivity index (χ0n) is 17.1. The minimum Gasteiger partial charge on any atom is -0.465 e. The molecule has 1 saturated carbocycles. The number of imidazole rings is 1. The summed E-state index contributed by atoms with van der Waals surface area (Å²) in [5.41, 5.74) is 5.14. The molecule has 31 heavy (non-hydrogen) atoms. The molecule has 7 heteroatoms. The van der Waals surface area contributed by atoms with Gasteiger partial charge in [-0.15, -0.1) is 11.8 Å². The van der Waals surface area contributed by atoms with Gasteiger partial charge in [0.25, 0.3) is 0 Å². The van der Waals surface area contributed by atoms with Crippen molar-refractivity contribution < 1.29 is 9.90 Å². The zero-order chi connectivity index (χ0) is 21.4. The van der Waals surface area contributed by atoms with Crippen molar-refractivity contribution in [3.8, 4) is 22.5 Å². The SMILES string of the molecule is CSc1ccc2nc(-c3ccc(C4(NC(=O)O)CCC4)cc3)c(-c3ccccc3)n2n1. The molecule has 2 N–H and O–H groups in total. The summed E-state index contributed by atoms with van der Waals surface area (Å²) < 4.78 is 1.91. The normalized spacial score (nSPS) is 14.9. The van der Waals surface area contributed by atoms with Crippen LogP contribution in [0, 0.1) is 0 Å². The Labute approximate surface area is 184 Å². The van der Waals surface area contributed by atoms with Crippen LogP contribution in [0.15, 0.2) is 71.8 Å². The van der Waals surface area contributed by atoms with Crippen molar-refractivity contribution in [1.29, 1.82) is 0 Å². The molecule has 1 aliphatic carbocycles. The number of rotatable bonds is 5. The Morgan fingerprint density at radius 1 is 1.03 bits per heavy atom. The van der Waals surface area contributed by atoms with Crippen LogP contribution in [-0.2, 0) is 5.54 Å². The summed E-state index contributed by atoms with van der Waals surface area (Å²) in [4.78, 5) is 16.2. The van der Waals surface area contributed by atoms with Crippen molar-refractivity contribution >= 4 is 23.5 Å². The number of nitrogens with zero attached hydrogens (tertiary/aromatic N) is 3. The predicted molar refractivity (Wildman–Crippen MR) is 122 cm³/mol. The molecule has 0 saturated heterocycles. The molecule has 0 radical (unpaired) electrons. The van der Waals surface area contributed by atoms with E-state index in [4.69, 9.17) is 10.1 Å². The third kappa shape index (κ3) is 3.45. The molecule has 1 fully saturated rings. The van der Waals surface area contributed by atoms with Crippen molar-refractivity contribution in [2.45, 2.75) is 29.8 Å². The van der Waals surface area contributed by atoms with Crippen LogP contribution in [0.3, 0.4) is 0 Å². The van der Waals surface area contributed by atoms with Crippen molar-refractivity contribution in [2.24, 2.45) is 0 Å². The lowest BCUT2D eigenvalue weighted by Gasteiger charge is -2.42. The highest BCUT2D eigenvalue weighted by Crippen LogP contribution is 2.42. The molecule has 0 spiro atoms. The third-order valence-electron chi connectivity index (χ3n) is 5.97. The number of hydrogen-bond acceptors (Lipinski definition) is 4. The average molecular weight is 431 g/mol. The smallest absolute Gasteiger partial charge is 0.405 e. The molecule has 2 aromatic carbocycles. The topological polar surface area (TPSA) is 79.5 Å². The predicted octanol–water partition coefficient (Wildman–Crippen LogP) is 5.43. The molecule has 6 nitrogen and oxygen atoms in total. The first-order chi connectivity index (χ1) is 15.1.